The first-order valence-electron chi connectivity index (χ1n) is 7.49. The molecule has 0 heterocycles. The fourth-order valence-corrected chi connectivity index (χ4v) is 3.76. The van der Waals surface area contributed by atoms with Crippen molar-refractivity contribution in [2.24, 2.45) is 5.92 Å². The van der Waals surface area contributed by atoms with E-state index in [1.54, 1.807) is 7.11 Å². The highest BCUT2D eigenvalue weighted by Crippen LogP contribution is 2.41. The molecule has 0 aromatic heterocycles. The maximum absolute atomic E-state index is 6.56. The largest absolute Gasteiger partial charge is 0.411 e. The summed E-state index contributed by atoms with van der Waals surface area (Å²) in [4.78, 5) is 0. The van der Waals surface area contributed by atoms with Gasteiger partial charge in [0.1, 0.15) is 6.79 Å². The van der Waals surface area contributed by atoms with E-state index in [2.05, 4.69) is 40.8 Å². The van der Waals surface area contributed by atoms with Crippen molar-refractivity contribution in [1.29, 1.82) is 0 Å². The Balaban J connectivity index is 2.67. The van der Waals surface area contributed by atoms with Crippen LogP contribution in [0, 0.1) is 5.92 Å². The topological polar surface area (TPSA) is 27.7 Å². The predicted octanol–water partition coefficient (Wildman–Crippen LogP) is 4.19. The lowest BCUT2D eigenvalue weighted by Crippen LogP contribution is -2.46. The third kappa shape index (κ3) is 4.55. The lowest BCUT2D eigenvalue weighted by atomic mass is 10.1. The van der Waals surface area contributed by atoms with Crippen LogP contribution in [-0.2, 0) is 13.9 Å². The van der Waals surface area contributed by atoms with E-state index in [0.717, 1.165) is 18.8 Å². The Labute approximate surface area is 120 Å². The van der Waals surface area contributed by atoms with Crippen molar-refractivity contribution < 1.29 is 13.9 Å². The Hall–Kier alpha value is 0.0969. The molecule has 0 spiro atoms. The fraction of sp³-hybridized carbons (Fsp3) is 1.00. The van der Waals surface area contributed by atoms with Gasteiger partial charge in [0, 0.05) is 7.11 Å². The summed E-state index contributed by atoms with van der Waals surface area (Å²) in [6.45, 7) is 14.1. The maximum atomic E-state index is 6.56. The minimum atomic E-state index is -1.71. The molecule has 3 nitrogen and oxygen atoms in total. The van der Waals surface area contributed by atoms with Gasteiger partial charge in [0.25, 0.3) is 0 Å². The Morgan fingerprint density at radius 3 is 2.16 bits per heavy atom. The van der Waals surface area contributed by atoms with Gasteiger partial charge in [0.15, 0.2) is 8.32 Å². The van der Waals surface area contributed by atoms with E-state index >= 15 is 0 Å². The molecule has 0 amide bonds. The third-order valence-electron chi connectivity index (χ3n) is 4.78. The van der Waals surface area contributed by atoms with Gasteiger partial charge < -0.3 is 13.9 Å². The molecule has 0 N–H and O–H groups in total. The van der Waals surface area contributed by atoms with Crippen LogP contribution in [0.15, 0.2) is 0 Å². The second-order valence-electron chi connectivity index (χ2n) is 7.27. The van der Waals surface area contributed by atoms with Gasteiger partial charge >= 0.3 is 0 Å². The molecule has 0 aliphatic heterocycles. The summed E-state index contributed by atoms with van der Waals surface area (Å²) in [5.74, 6) is 0.733. The van der Waals surface area contributed by atoms with Gasteiger partial charge in [-0.05, 0) is 36.9 Å². The van der Waals surface area contributed by atoms with Crippen LogP contribution >= 0.6 is 0 Å². The monoisotopic (exact) mass is 288 g/mol. The summed E-state index contributed by atoms with van der Waals surface area (Å²) >= 11 is 0. The highest BCUT2D eigenvalue weighted by atomic mass is 28.4. The van der Waals surface area contributed by atoms with Crippen molar-refractivity contribution in [3.63, 3.8) is 0 Å². The molecule has 1 aliphatic carbocycles. The molecule has 0 saturated heterocycles. The van der Waals surface area contributed by atoms with Crippen LogP contribution in [0.1, 0.15) is 47.0 Å². The van der Waals surface area contributed by atoms with Gasteiger partial charge in [-0.1, -0.05) is 34.1 Å². The van der Waals surface area contributed by atoms with Crippen molar-refractivity contribution in [1.82, 2.24) is 0 Å². The van der Waals surface area contributed by atoms with E-state index in [4.69, 9.17) is 13.9 Å². The molecule has 1 aliphatic rings. The fourth-order valence-electron chi connectivity index (χ4n) is 2.40. The molecular weight excluding hydrogens is 256 g/mol. The molecule has 1 fully saturated rings. The smallest absolute Gasteiger partial charge is 0.192 e. The van der Waals surface area contributed by atoms with Gasteiger partial charge in [-0.2, -0.15) is 0 Å². The number of hydrogen-bond donors (Lipinski definition) is 0. The Morgan fingerprint density at radius 1 is 1.11 bits per heavy atom. The third-order valence-corrected chi connectivity index (χ3v) is 9.28. The molecule has 114 valence electrons. The highest BCUT2D eigenvalue weighted by molar-refractivity contribution is 6.74. The molecule has 1 saturated carbocycles. The van der Waals surface area contributed by atoms with Crippen molar-refractivity contribution in [3.8, 4) is 0 Å². The quantitative estimate of drug-likeness (QED) is 0.542. The van der Waals surface area contributed by atoms with E-state index in [9.17, 15) is 0 Å². The molecule has 0 aromatic carbocycles. The first kappa shape index (κ1) is 17.1. The second kappa shape index (κ2) is 6.70. The van der Waals surface area contributed by atoms with Crippen LogP contribution in [0.2, 0.25) is 18.1 Å². The standard InChI is InChI=1S/C15H32O3Si/c1-8-12-9-13(17-11-16-5)14(10-12)18-19(6,7)15(2,3)4/h12-14H,8-11H2,1-7H3/t12-,13-,14?/m0/s1. The number of methoxy groups -OCH3 is 1. The minimum absolute atomic E-state index is 0.207. The van der Waals surface area contributed by atoms with Crippen molar-refractivity contribution in [2.45, 2.75) is 77.3 Å². The van der Waals surface area contributed by atoms with Crippen LogP contribution < -0.4 is 0 Å². The van der Waals surface area contributed by atoms with Crippen molar-refractivity contribution in [3.05, 3.63) is 0 Å². The summed E-state index contributed by atoms with van der Waals surface area (Å²) in [6.07, 6.45) is 3.92. The maximum Gasteiger partial charge on any atom is 0.192 e. The molecular formula is C15H32O3Si. The van der Waals surface area contributed by atoms with Crippen LogP contribution in [0.4, 0.5) is 0 Å². The first-order valence-corrected chi connectivity index (χ1v) is 10.4. The molecule has 19 heavy (non-hydrogen) atoms. The normalized spacial score (nSPS) is 28.9. The highest BCUT2D eigenvalue weighted by Gasteiger charge is 2.44. The van der Waals surface area contributed by atoms with Crippen molar-refractivity contribution >= 4 is 8.32 Å². The summed E-state index contributed by atoms with van der Waals surface area (Å²) in [7, 11) is -0.0376. The molecule has 0 aromatic rings. The van der Waals surface area contributed by atoms with Gasteiger partial charge in [0.05, 0.1) is 12.2 Å². The minimum Gasteiger partial charge on any atom is -0.411 e. The van der Waals surface area contributed by atoms with Crippen LogP contribution in [0.5, 0.6) is 0 Å². The zero-order valence-electron chi connectivity index (χ0n) is 13.8. The Kier molecular flexibility index (Phi) is 6.05. The first-order chi connectivity index (χ1) is 8.71. The van der Waals surface area contributed by atoms with Crippen LogP contribution in [0.3, 0.4) is 0 Å². The summed E-state index contributed by atoms with van der Waals surface area (Å²) in [6, 6.07) is 0. The van der Waals surface area contributed by atoms with Crippen LogP contribution in [0.25, 0.3) is 0 Å². The van der Waals surface area contributed by atoms with E-state index in [-0.39, 0.29) is 17.2 Å². The zero-order valence-corrected chi connectivity index (χ0v) is 14.8. The van der Waals surface area contributed by atoms with E-state index in [1.807, 2.05) is 0 Å². The Bertz CT molecular complexity index is 273. The average molecular weight is 289 g/mol. The number of rotatable bonds is 6. The van der Waals surface area contributed by atoms with Gasteiger partial charge in [-0.3, -0.25) is 0 Å². The van der Waals surface area contributed by atoms with Gasteiger partial charge in [-0.25, -0.2) is 0 Å². The molecule has 0 radical (unpaired) electrons. The average Bonchev–Trinajstić information content (AvgIpc) is 2.66. The molecule has 1 rings (SSSR count). The Morgan fingerprint density at radius 2 is 1.68 bits per heavy atom. The lowest BCUT2D eigenvalue weighted by molar-refractivity contribution is -0.0985. The van der Waals surface area contributed by atoms with Crippen molar-refractivity contribution in [2.75, 3.05) is 13.9 Å². The predicted molar refractivity (Wildman–Crippen MR) is 81.8 cm³/mol. The summed E-state index contributed by atoms with van der Waals surface area (Å²) in [5, 5.41) is 0.253. The SMILES string of the molecule is CC[C@@H]1CC(O[Si](C)(C)C(C)(C)C)[C@@H](OCOC)C1. The lowest BCUT2D eigenvalue weighted by Gasteiger charge is -2.39. The number of ether oxygens (including phenoxy) is 2. The van der Waals surface area contributed by atoms with Crippen LogP contribution in [-0.4, -0.2) is 34.4 Å². The molecule has 0 bridgehead atoms. The summed E-state index contributed by atoms with van der Waals surface area (Å²) in [5.41, 5.74) is 0. The summed E-state index contributed by atoms with van der Waals surface area (Å²) < 4.78 is 17.4. The van der Waals surface area contributed by atoms with Gasteiger partial charge in [0.2, 0.25) is 0 Å². The zero-order chi connectivity index (χ0) is 14.7. The van der Waals surface area contributed by atoms with E-state index in [0.29, 0.717) is 6.79 Å². The molecule has 1 unspecified atom stereocenters. The second-order valence-corrected chi connectivity index (χ2v) is 12.0. The molecule has 4 heteroatoms. The van der Waals surface area contributed by atoms with Gasteiger partial charge in [-0.15, -0.1) is 0 Å². The molecule has 3 atom stereocenters. The van der Waals surface area contributed by atoms with E-state index < -0.39 is 8.32 Å². The number of hydrogen-bond acceptors (Lipinski definition) is 3. The van der Waals surface area contributed by atoms with E-state index in [1.165, 1.54) is 6.42 Å².